The van der Waals surface area contributed by atoms with Gasteiger partial charge in [0.15, 0.2) is 0 Å². The number of likely N-dealkylation sites (tertiary alicyclic amines) is 1. The van der Waals surface area contributed by atoms with Crippen LogP contribution in [-0.4, -0.2) is 51.9 Å². The van der Waals surface area contributed by atoms with E-state index in [0.717, 1.165) is 57.0 Å². The molecule has 0 amide bonds. The molecule has 26 heavy (non-hydrogen) atoms. The van der Waals surface area contributed by atoms with E-state index in [-0.39, 0.29) is 5.60 Å². The van der Waals surface area contributed by atoms with Crippen molar-refractivity contribution in [3.63, 3.8) is 0 Å². The van der Waals surface area contributed by atoms with Gasteiger partial charge in [-0.2, -0.15) is 0 Å². The summed E-state index contributed by atoms with van der Waals surface area (Å²) in [6.45, 7) is 8.38. The highest BCUT2D eigenvalue weighted by molar-refractivity contribution is 5.21. The minimum atomic E-state index is 0.0223. The average Bonchev–Trinajstić information content (AvgIpc) is 2.94. The van der Waals surface area contributed by atoms with Crippen LogP contribution in [0.5, 0.6) is 5.88 Å². The number of ether oxygens (including phenoxy) is 2. The topological polar surface area (TPSA) is 73.5 Å². The summed E-state index contributed by atoms with van der Waals surface area (Å²) in [6, 6.07) is 0. The molecule has 0 aliphatic carbocycles. The van der Waals surface area contributed by atoms with Crippen molar-refractivity contribution in [2.75, 3.05) is 26.3 Å². The van der Waals surface area contributed by atoms with Gasteiger partial charge in [0.25, 0.3) is 0 Å². The van der Waals surface area contributed by atoms with E-state index < -0.39 is 0 Å². The van der Waals surface area contributed by atoms with Crippen molar-refractivity contribution in [1.82, 2.24) is 20.0 Å². The van der Waals surface area contributed by atoms with E-state index in [4.69, 9.17) is 14.0 Å². The lowest BCUT2D eigenvalue weighted by atomic mass is 9.79. The van der Waals surface area contributed by atoms with Gasteiger partial charge in [0.2, 0.25) is 5.88 Å². The molecule has 0 bridgehead atoms. The Morgan fingerprint density at radius 2 is 2.19 bits per heavy atom. The molecule has 0 N–H and O–H groups in total. The fourth-order valence-electron chi connectivity index (χ4n) is 4.12. The maximum Gasteiger partial charge on any atom is 0.232 e. The maximum absolute atomic E-state index is 6.16. The molecular formula is C19H26N4O3. The maximum atomic E-state index is 6.16. The van der Waals surface area contributed by atoms with E-state index in [1.807, 2.05) is 13.8 Å². The highest BCUT2D eigenvalue weighted by Gasteiger charge is 2.47. The van der Waals surface area contributed by atoms with Crippen LogP contribution in [0.15, 0.2) is 23.1 Å². The van der Waals surface area contributed by atoms with Gasteiger partial charge in [-0.1, -0.05) is 5.16 Å². The van der Waals surface area contributed by atoms with Crippen LogP contribution in [0.4, 0.5) is 0 Å². The molecular weight excluding hydrogens is 332 g/mol. The minimum absolute atomic E-state index is 0.0223. The molecule has 1 atom stereocenters. The summed E-state index contributed by atoms with van der Waals surface area (Å²) in [5, 5.41) is 4.05. The van der Waals surface area contributed by atoms with Crippen LogP contribution in [0.25, 0.3) is 0 Å². The number of aromatic nitrogens is 3. The third kappa shape index (κ3) is 3.73. The zero-order valence-electron chi connectivity index (χ0n) is 15.5. The second-order valence-electron chi connectivity index (χ2n) is 7.52. The molecule has 7 nitrogen and oxygen atoms in total. The molecule has 4 rings (SSSR count). The van der Waals surface area contributed by atoms with Crippen LogP contribution in [0.2, 0.25) is 0 Å². The Hall–Kier alpha value is -1.99. The van der Waals surface area contributed by atoms with Crippen LogP contribution < -0.4 is 4.74 Å². The molecule has 140 valence electrons. The summed E-state index contributed by atoms with van der Waals surface area (Å²) < 4.78 is 17.1. The Kier molecular flexibility index (Phi) is 4.91. The molecule has 4 heterocycles. The Morgan fingerprint density at radius 1 is 1.31 bits per heavy atom. The van der Waals surface area contributed by atoms with E-state index in [2.05, 4.69) is 20.0 Å². The molecule has 0 unspecified atom stereocenters. The van der Waals surface area contributed by atoms with Crippen LogP contribution in [0.1, 0.15) is 36.3 Å². The molecule has 2 aromatic heterocycles. The fraction of sp³-hybridized carbons (Fsp3) is 0.632. The van der Waals surface area contributed by atoms with Gasteiger partial charge in [0.1, 0.15) is 5.76 Å². The quantitative estimate of drug-likeness (QED) is 0.785. The first-order valence-corrected chi connectivity index (χ1v) is 9.30. The summed E-state index contributed by atoms with van der Waals surface area (Å²) in [4.78, 5) is 10.6. The van der Waals surface area contributed by atoms with Crippen molar-refractivity contribution >= 4 is 0 Å². The van der Waals surface area contributed by atoms with Gasteiger partial charge in [-0.3, -0.25) is 9.88 Å². The lowest BCUT2D eigenvalue weighted by Crippen LogP contribution is -2.64. The zero-order valence-corrected chi connectivity index (χ0v) is 15.5. The Labute approximate surface area is 153 Å². The Bertz CT molecular complexity index is 708. The molecule has 0 radical (unpaired) electrons. The standard InChI is InChI=1S/C19H26N4O3/c1-14-17(15(2)26-22-14)11-23-12-19(13-23)9-16(4-8-25-19)3-7-24-18-10-20-5-6-21-18/h5-6,10,16H,3-4,7-9,11-13H2,1-2H3/t16-/m1/s1. The Morgan fingerprint density at radius 3 is 2.92 bits per heavy atom. The van der Waals surface area contributed by atoms with Gasteiger partial charge in [-0.25, -0.2) is 4.98 Å². The molecule has 0 aromatic carbocycles. The Balaban J connectivity index is 1.24. The van der Waals surface area contributed by atoms with Crippen molar-refractivity contribution in [3.8, 4) is 5.88 Å². The highest BCUT2D eigenvalue weighted by atomic mass is 16.5. The van der Waals surface area contributed by atoms with Gasteiger partial charge in [-0.15, -0.1) is 0 Å². The molecule has 2 fully saturated rings. The number of rotatable bonds is 6. The van der Waals surface area contributed by atoms with E-state index in [9.17, 15) is 0 Å². The monoisotopic (exact) mass is 358 g/mol. The second-order valence-corrected chi connectivity index (χ2v) is 7.52. The molecule has 2 aromatic rings. The summed E-state index contributed by atoms with van der Waals surface area (Å²) in [6.07, 6.45) is 8.21. The van der Waals surface area contributed by atoms with Gasteiger partial charge < -0.3 is 14.0 Å². The first-order valence-electron chi connectivity index (χ1n) is 9.30. The van der Waals surface area contributed by atoms with Gasteiger partial charge >= 0.3 is 0 Å². The fourth-order valence-corrected chi connectivity index (χ4v) is 4.12. The lowest BCUT2D eigenvalue weighted by Gasteiger charge is -2.53. The molecule has 2 saturated heterocycles. The summed E-state index contributed by atoms with van der Waals surface area (Å²) in [7, 11) is 0. The van der Waals surface area contributed by atoms with E-state index in [1.54, 1.807) is 18.6 Å². The number of aryl methyl sites for hydroxylation is 2. The predicted molar refractivity (Wildman–Crippen MR) is 94.8 cm³/mol. The van der Waals surface area contributed by atoms with Crippen LogP contribution in [0.3, 0.4) is 0 Å². The molecule has 7 heteroatoms. The van der Waals surface area contributed by atoms with Crippen molar-refractivity contribution in [3.05, 3.63) is 35.6 Å². The molecule has 0 saturated carbocycles. The van der Waals surface area contributed by atoms with Gasteiger partial charge in [-0.05, 0) is 39.0 Å². The second kappa shape index (κ2) is 7.32. The van der Waals surface area contributed by atoms with E-state index >= 15 is 0 Å². The van der Waals surface area contributed by atoms with Gasteiger partial charge in [0.05, 0.1) is 24.1 Å². The largest absolute Gasteiger partial charge is 0.477 e. The van der Waals surface area contributed by atoms with Crippen molar-refractivity contribution in [1.29, 1.82) is 0 Å². The van der Waals surface area contributed by atoms with Gasteiger partial charge in [0, 0.05) is 44.2 Å². The van der Waals surface area contributed by atoms with Crippen molar-refractivity contribution < 1.29 is 14.0 Å². The number of nitrogens with zero attached hydrogens (tertiary/aromatic N) is 4. The minimum Gasteiger partial charge on any atom is -0.477 e. The average molecular weight is 358 g/mol. The highest BCUT2D eigenvalue weighted by Crippen LogP contribution is 2.39. The summed E-state index contributed by atoms with van der Waals surface area (Å²) >= 11 is 0. The normalized spacial score (nSPS) is 22.3. The molecule has 1 spiro atoms. The molecule has 2 aliphatic rings. The van der Waals surface area contributed by atoms with Crippen molar-refractivity contribution in [2.45, 2.75) is 45.3 Å². The smallest absolute Gasteiger partial charge is 0.232 e. The summed E-state index contributed by atoms with van der Waals surface area (Å²) in [5.41, 5.74) is 2.23. The first-order chi connectivity index (χ1) is 12.6. The van der Waals surface area contributed by atoms with E-state index in [0.29, 0.717) is 18.4 Å². The van der Waals surface area contributed by atoms with E-state index in [1.165, 1.54) is 5.56 Å². The van der Waals surface area contributed by atoms with Crippen LogP contribution >= 0.6 is 0 Å². The third-order valence-electron chi connectivity index (χ3n) is 5.50. The lowest BCUT2D eigenvalue weighted by molar-refractivity contribution is -0.182. The zero-order chi connectivity index (χ0) is 18.0. The summed E-state index contributed by atoms with van der Waals surface area (Å²) in [5.74, 6) is 2.16. The van der Waals surface area contributed by atoms with Crippen LogP contribution in [-0.2, 0) is 11.3 Å². The van der Waals surface area contributed by atoms with Crippen molar-refractivity contribution in [2.24, 2.45) is 5.92 Å². The third-order valence-corrected chi connectivity index (χ3v) is 5.50. The number of hydrogen-bond donors (Lipinski definition) is 0. The SMILES string of the molecule is Cc1noc(C)c1CN1CC2(C[C@H](CCOc3cnccn3)CCO2)C1. The molecule has 2 aliphatic heterocycles. The predicted octanol–water partition coefficient (Wildman–Crippen LogP) is 2.53. The number of hydrogen-bond acceptors (Lipinski definition) is 7. The van der Waals surface area contributed by atoms with Crippen LogP contribution in [0, 0.1) is 19.8 Å². The first kappa shape index (κ1) is 17.4.